The Hall–Kier alpha value is -2.15. The first-order valence-corrected chi connectivity index (χ1v) is 8.64. The standard InChI is InChI=1S/C18H27ClN2O5/c1-11(20-17(23)26-18(2,3)4)7-8-16(22)21-13-9-12(19)14(24-5)10-15(13)25-6/h9-11H,7-8H2,1-6H3,(H,20,23)(H,21,22). The number of rotatable bonds is 7. The van der Waals surface area contributed by atoms with E-state index in [1.807, 2.05) is 6.92 Å². The molecule has 1 unspecified atom stereocenters. The summed E-state index contributed by atoms with van der Waals surface area (Å²) in [5.41, 5.74) is -0.109. The highest BCUT2D eigenvalue weighted by molar-refractivity contribution is 6.32. The lowest BCUT2D eigenvalue weighted by Crippen LogP contribution is -2.38. The van der Waals surface area contributed by atoms with Gasteiger partial charge in [-0.1, -0.05) is 11.6 Å². The number of hydrogen-bond donors (Lipinski definition) is 2. The van der Waals surface area contributed by atoms with Crippen LogP contribution < -0.4 is 20.1 Å². The third-order valence-electron chi connectivity index (χ3n) is 3.32. The van der Waals surface area contributed by atoms with Gasteiger partial charge < -0.3 is 24.8 Å². The van der Waals surface area contributed by atoms with E-state index in [2.05, 4.69) is 10.6 Å². The molecule has 26 heavy (non-hydrogen) atoms. The van der Waals surface area contributed by atoms with Gasteiger partial charge in [0.2, 0.25) is 5.91 Å². The van der Waals surface area contributed by atoms with Gasteiger partial charge >= 0.3 is 6.09 Å². The van der Waals surface area contributed by atoms with Gasteiger partial charge in [0.1, 0.15) is 17.1 Å². The second-order valence-corrected chi connectivity index (χ2v) is 7.23. The Morgan fingerprint density at radius 1 is 1.15 bits per heavy atom. The summed E-state index contributed by atoms with van der Waals surface area (Å²) >= 11 is 6.09. The second kappa shape index (κ2) is 9.52. The molecule has 0 radical (unpaired) electrons. The summed E-state index contributed by atoms with van der Waals surface area (Å²) in [4.78, 5) is 23.9. The average molecular weight is 387 g/mol. The zero-order valence-electron chi connectivity index (χ0n) is 16.1. The maximum Gasteiger partial charge on any atom is 0.407 e. The number of anilines is 1. The minimum Gasteiger partial charge on any atom is -0.495 e. The van der Waals surface area contributed by atoms with Gasteiger partial charge in [-0.25, -0.2) is 4.79 Å². The first kappa shape index (κ1) is 21.9. The lowest BCUT2D eigenvalue weighted by molar-refractivity contribution is -0.116. The first-order valence-electron chi connectivity index (χ1n) is 8.26. The molecule has 0 aliphatic rings. The molecule has 1 atom stereocenters. The number of ether oxygens (including phenoxy) is 3. The first-order chi connectivity index (χ1) is 12.1. The number of carbonyl (C=O) groups is 2. The third-order valence-corrected chi connectivity index (χ3v) is 3.61. The van der Waals surface area contributed by atoms with Crippen LogP contribution in [0, 0.1) is 0 Å². The molecule has 0 saturated heterocycles. The van der Waals surface area contributed by atoms with Crippen LogP contribution in [0.25, 0.3) is 0 Å². The molecule has 7 nitrogen and oxygen atoms in total. The Morgan fingerprint density at radius 2 is 1.77 bits per heavy atom. The number of carbonyl (C=O) groups excluding carboxylic acids is 2. The van der Waals surface area contributed by atoms with Crippen molar-refractivity contribution in [2.45, 2.75) is 52.2 Å². The van der Waals surface area contributed by atoms with Gasteiger partial charge in [-0.3, -0.25) is 4.79 Å². The molecule has 1 rings (SSSR count). The van der Waals surface area contributed by atoms with Crippen molar-refractivity contribution in [1.29, 1.82) is 0 Å². The van der Waals surface area contributed by atoms with Crippen LogP contribution >= 0.6 is 11.6 Å². The Morgan fingerprint density at radius 3 is 2.31 bits per heavy atom. The number of alkyl carbamates (subject to hydrolysis) is 1. The van der Waals surface area contributed by atoms with Gasteiger partial charge in [0.25, 0.3) is 0 Å². The van der Waals surface area contributed by atoms with Crippen molar-refractivity contribution in [1.82, 2.24) is 5.32 Å². The minimum atomic E-state index is -0.564. The van der Waals surface area contributed by atoms with E-state index in [9.17, 15) is 9.59 Å². The summed E-state index contributed by atoms with van der Waals surface area (Å²) in [5, 5.41) is 5.82. The second-order valence-electron chi connectivity index (χ2n) is 6.82. The van der Waals surface area contributed by atoms with Crippen molar-refractivity contribution >= 4 is 29.3 Å². The van der Waals surface area contributed by atoms with Crippen LogP contribution in [0.5, 0.6) is 11.5 Å². The van der Waals surface area contributed by atoms with E-state index in [0.717, 1.165) is 0 Å². The monoisotopic (exact) mass is 386 g/mol. The number of halogens is 1. The fraction of sp³-hybridized carbons (Fsp3) is 0.556. The van der Waals surface area contributed by atoms with Gasteiger partial charge in [-0.2, -0.15) is 0 Å². The normalized spacial score (nSPS) is 12.1. The van der Waals surface area contributed by atoms with Crippen molar-refractivity contribution in [2.24, 2.45) is 0 Å². The molecule has 1 aromatic rings. The largest absolute Gasteiger partial charge is 0.495 e. The zero-order valence-corrected chi connectivity index (χ0v) is 16.8. The quantitative estimate of drug-likeness (QED) is 0.740. The molecule has 2 N–H and O–H groups in total. The van der Waals surface area contributed by atoms with E-state index in [4.69, 9.17) is 25.8 Å². The Balaban J connectivity index is 2.57. The Kier molecular flexibility index (Phi) is 8.02. The lowest BCUT2D eigenvalue weighted by Gasteiger charge is -2.22. The summed E-state index contributed by atoms with van der Waals surface area (Å²) in [7, 11) is 2.99. The van der Waals surface area contributed by atoms with E-state index in [1.165, 1.54) is 14.2 Å². The van der Waals surface area contributed by atoms with Crippen LogP contribution in [-0.4, -0.2) is 37.9 Å². The fourth-order valence-electron chi connectivity index (χ4n) is 2.10. The molecular formula is C18H27ClN2O5. The Labute approximate surface area is 159 Å². The molecule has 0 aliphatic heterocycles. The fourth-order valence-corrected chi connectivity index (χ4v) is 2.34. The molecule has 146 valence electrons. The van der Waals surface area contributed by atoms with Gasteiger partial charge in [0.05, 0.1) is 24.9 Å². The minimum absolute atomic E-state index is 0.211. The number of amides is 2. The summed E-state index contributed by atoms with van der Waals surface area (Å²) in [6, 6.07) is 2.96. The van der Waals surface area contributed by atoms with Crippen molar-refractivity contribution in [3.63, 3.8) is 0 Å². The highest BCUT2D eigenvalue weighted by Gasteiger charge is 2.18. The molecule has 8 heteroatoms. The van der Waals surface area contributed by atoms with Crippen LogP contribution in [0.3, 0.4) is 0 Å². The Bertz CT molecular complexity index is 643. The smallest absolute Gasteiger partial charge is 0.407 e. The highest BCUT2D eigenvalue weighted by Crippen LogP contribution is 2.35. The van der Waals surface area contributed by atoms with E-state index in [0.29, 0.717) is 28.6 Å². The predicted molar refractivity (Wildman–Crippen MR) is 101 cm³/mol. The number of benzene rings is 1. The molecule has 2 amide bonds. The van der Waals surface area contributed by atoms with Crippen molar-refractivity contribution in [2.75, 3.05) is 19.5 Å². The molecule has 0 fully saturated rings. The van der Waals surface area contributed by atoms with Crippen LogP contribution in [0.1, 0.15) is 40.5 Å². The summed E-state index contributed by atoms with van der Waals surface area (Å²) < 4.78 is 15.5. The molecule has 0 heterocycles. The molecule has 0 saturated carbocycles. The molecule has 0 spiro atoms. The van der Waals surface area contributed by atoms with Crippen LogP contribution in [0.2, 0.25) is 5.02 Å². The average Bonchev–Trinajstić information content (AvgIpc) is 2.51. The van der Waals surface area contributed by atoms with Crippen molar-refractivity contribution < 1.29 is 23.8 Å². The number of hydrogen-bond acceptors (Lipinski definition) is 5. The van der Waals surface area contributed by atoms with Gasteiger partial charge in [-0.15, -0.1) is 0 Å². The van der Waals surface area contributed by atoms with Crippen LogP contribution in [0.15, 0.2) is 12.1 Å². The summed E-state index contributed by atoms with van der Waals surface area (Å²) in [6.45, 7) is 7.18. The maximum absolute atomic E-state index is 12.2. The topological polar surface area (TPSA) is 85.9 Å². The molecule has 0 aliphatic carbocycles. The lowest BCUT2D eigenvalue weighted by atomic mass is 10.1. The maximum atomic E-state index is 12.2. The van der Waals surface area contributed by atoms with Crippen LogP contribution in [0.4, 0.5) is 10.5 Å². The van der Waals surface area contributed by atoms with Gasteiger partial charge in [0.15, 0.2) is 0 Å². The zero-order chi connectivity index (χ0) is 19.9. The van der Waals surface area contributed by atoms with E-state index >= 15 is 0 Å². The molecule has 0 aromatic heterocycles. The number of nitrogens with one attached hydrogen (secondary N) is 2. The molecular weight excluding hydrogens is 360 g/mol. The summed E-state index contributed by atoms with van der Waals surface area (Å²) in [6.07, 6.45) is 0.162. The predicted octanol–water partition coefficient (Wildman–Crippen LogP) is 3.99. The number of methoxy groups -OCH3 is 2. The highest BCUT2D eigenvalue weighted by atomic mass is 35.5. The third kappa shape index (κ3) is 7.39. The van der Waals surface area contributed by atoms with Crippen LogP contribution in [-0.2, 0) is 9.53 Å². The molecule has 1 aromatic carbocycles. The van der Waals surface area contributed by atoms with Crippen molar-refractivity contribution in [3.8, 4) is 11.5 Å². The van der Waals surface area contributed by atoms with Crippen molar-refractivity contribution in [3.05, 3.63) is 17.2 Å². The van der Waals surface area contributed by atoms with Gasteiger partial charge in [-0.05, 0) is 40.2 Å². The summed E-state index contributed by atoms with van der Waals surface area (Å²) in [5.74, 6) is 0.679. The van der Waals surface area contributed by atoms with E-state index in [-0.39, 0.29) is 18.4 Å². The van der Waals surface area contributed by atoms with E-state index in [1.54, 1.807) is 32.9 Å². The molecule has 0 bridgehead atoms. The van der Waals surface area contributed by atoms with E-state index < -0.39 is 11.7 Å². The van der Waals surface area contributed by atoms with Gasteiger partial charge in [0, 0.05) is 18.5 Å². The SMILES string of the molecule is COc1cc(OC)c(NC(=O)CCC(C)NC(=O)OC(C)(C)C)cc1Cl.